The Morgan fingerprint density at radius 3 is 2.72 bits per heavy atom. The highest BCUT2D eigenvalue weighted by Crippen LogP contribution is 2.35. The van der Waals surface area contributed by atoms with Crippen molar-refractivity contribution in [1.29, 1.82) is 0 Å². The van der Waals surface area contributed by atoms with E-state index < -0.39 is 5.91 Å². The van der Waals surface area contributed by atoms with Crippen LogP contribution in [0.1, 0.15) is 51.7 Å². The van der Waals surface area contributed by atoms with Gasteiger partial charge in [-0.3, -0.25) is 14.4 Å². The van der Waals surface area contributed by atoms with Crippen LogP contribution in [0, 0.1) is 20.8 Å². The Morgan fingerprint density at radius 1 is 1.16 bits per heavy atom. The van der Waals surface area contributed by atoms with Crippen LogP contribution in [0.5, 0.6) is 0 Å². The monoisotopic (exact) mass is 434 g/mol. The largest absolute Gasteiger partial charge is 0.360 e. The van der Waals surface area contributed by atoms with Crippen molar-refractivity contribution < 1.29 is 14.1 Å². The van der Waals surface area contributed by atoms with Gasteiger partial charge in [0.25, 0.3) is 11.5 Å². The summed E-state index contributed by atoms with van der Waals surface area (Å²) in [4.78, 5) is 39.9. The molecule has 2 aromatic heterocycles. The number of likely N-dealkylation sites (tertiary alicyclic amines) is 1. The van der Waals surface area contributed by atoms with Crippen molar-refractivity contribution in [1.82, 2.24) is 14.6 Å². The molecule has 1 fully saturated rings. The SMILES string of the molecule is Cc1ccc(C)c(C2CCCN2C(=O)c2ccc(=O)n(CC(=O)Nc3cc(C)on3)c2)c1. The molecule has 1 aliphatic heterocycles. The first-order valence-electron chi connectivity index (χ1n) is 10.6. The molecule has 8 nitrogen and oxygen atoms in total. The van der Waals surface area contributed by atoms with Crippen LogP contribution in [-0.4, -0.2) is 33.0 Å². The van der Waals surface area contributed by atoms with Crippen molar-refractivity contribution in [2.24, 2.45) is 0 Å². The fourth-order valence-electron chi connectivity index (χ4n) is 4.16. The Balaban J connectivity index is 1.54. The number of aryl methyl sites for hydroxylation is 3. The number of carbonyl (C=O) groups is 2. The van der Waals surface area contributed by atoms with Gasteiger partial charge in [0.15, 0.2) is 5.82 Å². The summed E-state index contributed by atoms with van der Waals surface area (Å²) >= 11 is 0. The zero-order valence-electron chi connectivity index (χ0n) is 18.4. The minimum absolute atomic E-state index is 0.00137. The van der Waals surface area contributed by atoms with Gasteiger partial charge >= 0.3 is 0 Å². The first kappa shape index (κ1) is 21.5. The minimum Gasteiger partial charge on any atom is -0.360 e. The van der Waals surface area contributed by atoms with E-state index in [9.17, 15) is 14.4 Å². The van der Waals surface area contributed by atoms with E-state index in [1.807, 2.05) is 11.8 Å². The number of aromatic nitrogens is 2. The Labute approximate surface area is 185 Å². The van der Waals surface area contributed by atoms with Gasteiger partial charge in [-0.2, -0.15) is 0 Å². The summed E-state index contributed by atoms with van der Waals surface area (Å²) in [6, 6.07) is 10.7. The van der Waals surface area contributed by atoms with Gasteiger partial charge in [0.2, 0.25) is 5.91 Å². The lowest BCUT2D eigenvalue weighted by Gasteiger charge is -2.27. The molecule has 1 saturated heterocycles. The fraction of sp³-hybridized carbons (Fsp3) is 0.333. The number of amides is 2. The Morgan fingerprint density at radius 2 is 1.97 bits per heavy atom. The van der Waals surface area contributed by atoms with Gasteiger partial charge in [-0.25, -0.2) is 0 Å². The molecule has 4 rings (SSSR count). The minimum atomic E-state index is -0.431. The van der Waals surface area contributed by atoms with Crippen LogP contribution >= 0.6 is 0 Å². The van der Waals surface area contributed by atoms with Gasteiger partial charge < -0.3 is 19.3 Å². The lowest BCUT2D eigenvalue weighted by Crippen LogP contribution is -2.33. The molecular weight excluding hydrogens is 408 g/mol. The maximum Gasteiger partial charge on any atom is 0.255 e. The van der Waals surface area contributed by atoms with E-state index in [4.69, 9.17) is 4.52 Å². The maximum atomic E-state index is 13.4. The zero-order valence-corrected chi connectivity index (χ0v) is 18.4. The van der Waals surface area contributed by atoms with Crippen molar-refractivity contribution in [3.8, 4) is 0 Å². The van der Waals surface area contributed by atoms with Crippen LogP contribution in [0.4, 0.5) is 5.82 Å². The lowest BCUT2D eigenvalue weighted by atomic mass is 9.97. The van der Waals surface area contributed by atoms with Crippen molar-refractivity contribution in [2.75, 3.05) is 11.9 Å². The molecule has 1 aromatic carbocycles. The molecule has 3 aromatic rings. The van der Waals surface area contributed by atoms with Gasteiger partial charge in [0.05, 0.1) is 11.6 Å². The number of hydrogen-bond donors (Lipinski definition) is 1. The molecular formula is C24H26N4O4. The van der Waals surface area contributed by atoms with Crippen LogP contribution in [0.2, 0.25) is 0 Å². The number of benzene rings is 1. The maximum absolute atomic E-state index is 13.4. The van der Waals surface area contributed by atoms with E-state index in [2.05, 4.69) is 35.6 Å². The van der Waals surface area contributed by atoms with Crippen molar-refractivity contribution in [3.05, 3.63) is 81.0 Å². The average Bonchev–Trinajstić information content (AvgIpc) is 3.40. The Hall–Kier alpha value is -3.68. The molecule has 8 heteroatoms. The summed E-state index contributed by atoms with van der Waals surface area (Å²) in [7, 11) is 0. The standard InChI is InChI=1S/C24H26N4O4/c1-15-6-7-16(2)19(11-15)20-5-4-10-28(20)24(31)18-8-9-23(30)27(13-18)14-22(29)25-21-12-17(3)32-26-21/h6-9,11-13,20H,4-5,10,14H2,1-3H3,(H,25,26,29). The van der Waals surface area contributed by atoms with E-state index in [0.717, 1.165) is 29.5 Å². The summed E-state index contributed by atoms with van der Waals surface area (Å²) in [5.74, 6) is 0.268. The first-order valence-corrected chi connectivity index (χ1v) is 10.6. The van der Waals surface area contributed by atoms with E-state index in [-0.39, 0.29) is 29.9 Å². The van der Waals surface area contributed by atoms with Crippen LogP contribution in [0.15, 0.2) is 51.9 Å². The molecule has 1 N–H and O–H groups in total. The average molecular weight is 434 g/mol. The molecule has 2 amide bonds. The van der Waals surface area contributed by atoms with E-state index in [0.29, 0.717) is 17.9 Å². The second-order valence-corrected chi connectivity index (χ2v) is 8.27. The van der Waals surface area contributed by atoms with Crippen molar-refractivity contribution in [3.63, 3.8) is 0 Å². The van der Waals surface area contributed by atoms with Crippen LogP contribution < -0.4 is 10.9 Å². The number of carbonyl (C=O) groups excluding carboxylic acids is 2. The number of nitrogens with zero attached hydrogens (tertiary/aromatic N) is 3. The summed E-state index contributed by atoms with van der Waals surface area (Å²) in [5, 5.41) is 6.30. The Bertz CT molecular complexity index is 1230. The number of pyridine rings is 1. The zero-order chi connectivity index (χ0) is 22.8. The predicted molar refractivity (Wildman–Crippen MR) is 119 cm³/mol. The normalized spacial score (nSPS) is 15.7. The number of anilines is 1. The molecule has 0 saturated carbocycles. The highest BCUT2D eigenvalue weighted by Gasteiger charge is 2.31. The molecule has 1 unspecified atom stereocenters. The van der Waals surface area contributed by atoms with Gasteiger partial charge in [-0.05, 0) is 50.8 Å². The molecule has 0 radical (unpaired) electrons. The van der Waals surface area contributed by atoms with Crippen LogP contribution in [0.3, 0.4) is 0 Å². The highest BCUT2D eigenvalue weighted by atomic mass is 16.5. The van der Waals surface area contributed by atoms with Gasteiger partial charge in [-0.1, -0.05) is 28.9 Å². The van der Waals surface area contributed by atoms with Gasteiger partial charge in [-0.15, -0.1) is 0 Å². The first-order chi connectivity index (χ1) is 15.3. The van der Waals surface area contributed by atoms with Gasteiger partial charge in [0, 0.05) is 24.9 Å². The van der Waals surface area contributed by atoms with Gasteiger partial charge in [0.1, 0.15) is 12.3 Å². The third kappa shape index (κ3) is 4.49. The quantitative estimate of drug-likeness (QED) is 0.664. The lowest BCUT2D eigenvalue weighted by molar-refractivity contribution is -0.116. The highest BCUT2D eigenvalue weighted by molar-refractivity contribution is 5.94. The molecule has 0 aliphatic carbocycles. The number of hydrogen-bond acceptors (Lipinski definition) is 5. The second kappa shape index (κ2) is 8.82. The fourth-order valence-corrected chi connectivity index (χ4v) is 4.16. The molecule has 32 heavy (non-hydrogen) atoms. The molecule has 3 heterocycles. The second-order valence-electron chi connectivity index (χ2n) is 8.27. The molecule has 0 spiro atoms. The third-order valence-corrected chi connectivity index (χ3v) is 5.75. The predicted octanol–water partition coefficient (Wildman–Crippen LogP) is 3.38. The van der Waals surface area contributed by atoms with E-state index in [1.165, 1.54) is 22.9 Å². The van der Waals surface area contributed by atoms with Crippen molar-refractivity contribution >= 4 is 17.6 Å². The van der Waals surface area contributed by atoms with E-state index in [1.54, 1.807) is 13.0 Å². The van der Waals surface area contributed by atoms with E-state index >= 15 is 0 Å². The van der Waals surface area contributed by atoms with Crippen LogP contribution in [-0.2, 0) is 11.3 Å². The number of nitrogens with one attached hydrogen (secondary N) is 1. The Kier molecular flexibility index (Phi) is 5.94. The summed E-state index contributed by atoms with van der Waals surface area (Å²) < 4.78 is 6.16. The summed E-state index contributed by atoms with van der Waals surface area (Å²) in [6.07, 6.45) is 3.27. The summed E-state index contributed by atoms with van der Waals surface area (Å²) in [6.45, 7) is 6.25. The molecule has 166 valence electrons. The van der Waals surface area contributed by atoms with Crippen molar-refractivity contribution in [2.45, 2.75) is 46.2 Å². The number of rotatable bonds is 5. The smallest absolute Gasteiger partial charge is 0.255 e. The van der Waals surface area contributed by atoms with Crippen LogP contribution in [0.25, 0.3) is 0 Å². The topological polar surface area (TPSA) is 97.4 Å². The summed E-state index contributed by atoms with van der Waals surface area (Å²) in [5.41, 5.74) is 3.50. The third-order valence-electron chi connectivity index (χ3n) is 5.75. The molecule has 1 atom stereocenters. The molecule has 1 aliphatic rings. The molecule has 0 bridgehead atoms.